The highest BCUT2D eigenvalue weighted by Gasteiger charge is 2.07. The summed E-state index contributed by atoms with van der Waals surface area (Å²) >= 11 is 0. The predicted molar refractivity (Wildman–Crippen MR) is 105 cm³/mol. The van der Waals surface area contributed by atoms with E-state index in [1.807, 2.05) is 49.6 Å². The number of nitrogens with zero attached hydrogens (tertiary/aromatic N) is 4. The van der Waals surface area contributed by atoms with Crippen molar-refractivity contribution in [3.05, 3.63) is 55.0 Å². The number of aryl methyl sites for hydroxylation is 1. The van der Waals surface area contributed by atoms with Gasteiger partial charge < -0.3 is 14.8 Å². The fourth-order valence-electron chi connectivity index (χ4n) is 2.83. The Morgan fingerprint density at radius 1 is 0.889 bits per heavy atom. The molecule has 0 aliphatic heterocycles. The second-order valence-corrected chi connectivity index (χ2v) is 6.09. The van der Waals surface area contributed by atoms with Crippen molar-refractivity contribution in [3.63, 3.8) is 0 Å². The molecule has 0 spiro atoms. The SMILES string of the molecule is COc1cc(Nc2ccc3ncc(-c4cnn(C)c4)nc3c2)cc(OC)c1. The monoisotopic (exact) mass is 361 g/mol. The van der Waals surface area contributed by atoms with Gasteiger partial charge >= 0.3 is 0 Å². The van der Waals surface area contributed by atoms with E-state index >= 15 is 0 Å². The van der Waals surface area contributed by atoms with E-state index in [1.165, 1.54) is 0 Å². The van der Waals surface area contributed by atoms with Gasteiger partial charge in [0.25, 0.3) is 0 Å². The van der Waals surface area contributed by atoms with Crippen LogP contribution in [0.3, 0.4) is 0 Å². The van der Waals surface area contributed by atoms with E-state index in [4.69, 9.17) is 14.5 Å². The molecule has 2 heterocycles. The maximum absolute atomic E-state index is 5.32. The molecule has 0 amide bonds. The largest absolute Gasteiger partial charge is 0.497 e. The molecule has 7 nitrogen and oxygen atoms in total. The first-order valence-corrected chi connectivity index (χ1v) is 8.40. The average Bonchev–Trinajstić information content (AvgIpc) is 3.13. The first-order chi connectivity index (χ1) is 13.1. The number of hydrogen-bond donors (Lipinski definition) is 1. The number of hydrogen-bond acceptors (Lipinski definition) is 6. The number of anilines is 2. The zero-order valence-electron chi connectivity index (χ0n) is 15.3. The Hall–Kier alpha value is -3.61. The standard InChI is InChI=1S/C20H19N5O2/c1-25-12-13(10-22-25)20-11-21-18-5-4-14(8-19(18)24-20)23-15-6-16(26-2)9-17(7-15)27-3/h4-12,23H,1-3H3. The van der Waals surface area contributed by atoms with Gasteiger partial charge in [-0.1, -0.05) is 0 Å². The van der Waals surface area contributed by atoms with Crippen molar-refractivity contribution in [3.8, 4) is 22.8 Å². The fraction of sp³-hybridized carbons (Fsp3) is 0.150. The van der Waals surface area contributed by atoms with E-state index in [1.54, 1.807) is 31.3 Å². The quantitative estimate of drug-likeness (QED) is 0.583. The molecule has 0 fully saturated rings. The van der Waals surface area contributed by atoms with Gasteiger partial charge in [-0.15, -0.1) is 0 Å². The van der Waals surface area contributed by atoms with Crippen molar-refractivity contribution in [2.45, 2.75) is 0 Å². The molecule has 0 atom stereocenters. The fourth-order valence-corrected chi connectivity index (χ4v) is 2.83. The predicted octanol–water partition coefficient (Wildman–Crippen LogP) is 3.79. The molecule has 0 radical (unpaired) electrons. The lowest BCUT2D eigenvalue weighted by molar-refractivity contribution is 0.395. The van der Waals surface area contributed by atoms with E-state index in [0.29, 0.717) is 0 Å². The molecule has 0 aliphatic rings. The highest BCUT2D eigenvalue weighted by molar-refractivity contribution is 5.82. The maximum Gasteiger partial charge on any atom is 0.124 e. The summed E-state index contributed by atoms with van der Waals surface area (Å²) in [5, 5.41) is 7.56. The van der Waals surface area contributed by atoms with Crippen LogP contribution in [-0.2, 0) is 7.05 Å². The molecule has 0 aliphatic carbocycles. The van der Waals surface area contributed by atoms with E-state index in [0.717, 1.165) is 45.2 Å². The lowest BCUT2D eigenvalue weighted by Gasteiger charge is -2.11. The van der Waals surface area contributed by atoms with Crippen LogP contribution in [0.1, 0.15) is 0 Å². The van der Waals surface area contributed by atoms with Crippen LogP contribution in [0.5, 0.6) is 11.5 Å². The number of nitrogens with one attached hydrogen (secondary N) is 1. The Bertz CT molecular complexity index is 1080. The molecule has 27 heavy (non-hydrogen) atoms. The lowest BCUT2D eigenvalue weighted by atomic mass is 10.2. The minimum atomic E-state index is 0.719. The van der Waals surface area contributed by atoms with Crippen molar-refractivity contribution in [2.24, 2.45) is 7.05 Å². The third kappa shape index (κ3) is 3.52. The van der Waals surface area contributed by atoms with Gasteiger partial charge in [0.2, 0.25) is 0 Å². The molecule has 4 aromatic rings. The van der Waals surface area contributed by atoms with Gasteiger partial charge in [-0.3, -0.25) is 9.67 Å². The van der Waals surface area contributed by atoms with E-state index in [9.17, 15) is 0 Å². The molecule has 4 rings (SSSR count). The summed E-state index contributed by atoms with van der Waals surface area (Å²) in [6.07, 6.45) is 5.46. The number of aromatic nitrogens is 4. The summed E-state index contributed by atoms with van der Waals surface area (Å²) in [5.74, 6) is 1.44. The van der Waals surface area contributed by atoms with E-state index in [2.05, 4.69) is 15.4 Å². The summed E-state index contributed by atoms with van der Waals surface area (Å²) in [6.45, 7) is 0. The van der Waals surface area contributed by atoms with Crippen LogP contribution in [0, 0.1) is 0 Å². The minimum Gasteiger partial charge on any atom is -0.497 e. The molecular formula is C20H19N5O2. The summed E-state index contributed by atoms with van der Waals surface area (Å²) in [6, 6.07) is 11.5. The molecule has 136 valence electrons. The van der Waals surface area contributed by atoms with Crippen molar-refractivity contribution in [1.29, 1.82) is 0 Å². The van der Waals surface area contributed by atoms with Gasteiger partial charge in [0.1, 0.15) is 11.5 Å². The van der Waals surface area contributed by atoms with Crippen molar-refractivity contribution >= 4 is 22.4 Å². The molecule has 0 saturated heterocycles. The van der Waals surface area contributed by atoms with Crippen LogP contribution < -0.4 is 14.8 Å². The van der Waals surface area contributed by atoms with Crippen molar-refractivity contribution in [2.75, 3.05) is 19.5 Å². The number of methoxy groups -OCH3 is 2. The molecule has 0 bridgehead atoms. The topological polar surface area (TPSA) is 74.1 Å². The minimum absolute atomic E-state index is 0.719. The normalized spacial score (nSPS) is 10.8. The van der Waals surface area contributed by atoms with Gasteiger partial charge in [-0.2, -0.15) is 5.10 Å². The van der Waals surface area contributed by atoms with Crippen molar-refractivity contribution in [1.82, 2.24) is 19.7 Å². The summed E-state index contributed by atoms with van der Waals surface area (Å²) in [7, 11) is 5.14. The summed E-state index contributed by atoms with van der Waals surface area (Å²) < 4.78 is 12.4. The smallest absolute Gasteiger partial charge is 0.124 e. The lowest BCUT2D eigenvalue weighted by Crippen LogP contribution is -1.95. The molecular weight excluding hydrogens is 342 g/mol. The first-order valence-electron chi connectivity index (χ1n) is 8.40. The van der Waals surface area contributed by atoms with Crippen LogP contribution >= 0.6 is 0 Å². The zero-order valence-corrected chi connectivity index (χ0v) is 15.3. The average molecular weight is 361 g/mol. The van der Waals surface area contributed by atoms with E-state index < -0.39 is 0 Å². The van der Waals surface area contributed by atoms with Gasteiger partial charge in [-0.25, -0.2) is 4.98 Å². The Morgan fingerprint density at radius 3 is 2.33 bits per heavy atom. The molecule has 2 aromatic carbocycles. The zero-order chi connectivity index (χ0) is 18.8. The van der Waals surface area contributed by atoms with Crippen LogP contribution in [0.2, 0.25) is 0 Å². The molecule has 0 saturated carbocycles. The van der Waals surface area contributed by atoms with Gasteiger partial charge in [0.05, 0.1) is 43.3 Å². The van der Waals surface area contributed by atoms with E-state index in [-0.39, 0.29) is 0 Å². The summed E-state index contributed by atoms with van der Waals surface area (Å²) in [4.78, 5) is 9.23. The van der Waals surface area contributed by atoms with Crippen LogP contribution in [-0.4, -0.2) is 34.0 Å². The third-order valence-electron chi connectivity index (χ3n) is 4.18. The van der Waals surface area contributed by atoms with Crippen LogP contribution in [0.25, 0.3) is 22.3 Å². The molecule has 7 heteroatoms. The Balaban J connectivity index is 1.68. The summed E-state index contributed by atoms with van der Waals surface area (Å²) in [5.41, 5.74) is 5.11. The maximum atomic E-state index is 5.32. The highest BCUT2D eigenvalue weighted by atomic mass is 16.5. The highest BCUT2D eigenvalue weighted by Crippen LogP contribution is 2.29. The van der Waals surface area contributed by atoms with Gasteiger partial charge in [0, 0.05) is 48.4 Å². The Labute approximate surface area is 156 Å². The second-order valence-electron chi connectivity index (χ2n) is 6.09. The first kappa shape index (κ1) is 16.8. The molecule has 0 unspecified atom stereocenters. The van der Waals surface area contributed by atoms with Crippen LogP contribution in [0.4, 0.5) is 11.4 Å². The molecule has 2 aromatic heterocycles. The number of rotatable bonds is 5. The van der Waals surface area contributed by atoms with Crippen LogP contribution in [0.15, 0.2) is 55.0 Å². The van der Waals surface area contributed by atoms with Gasteiger partial charge in [0.15, 0.2) is 0 Å². The number of ether oxygens (including phenoxy) is 2. The Morgan fingerprint density at radius 2 is 1.67 bits per heavy atom. The number of benzene rings is 2. The number of fused-ring (bicyclic) bond motifs is 1. The van der Waals surface area contributed by atoms with Gasteiger partial charge in [-0.05, 0) is 18.2 Å². The van der Waals surface area contributed by atoms with Crippen molar-refractivity contribution < 1.29 is 9.47 Å². The second kappa shape index (κ2) is 6.95. The molecule has 1 N–H and O–H groups in total. The third-order valence-corrected chi connectivity index (χ3v) is 4.18. The Kier molecular flexibility index (Phi) is 4.33.